The molecule has 0 fully saturated rings. The SMILES string of the molecule is COC(=O)[C@H](CN(C[C@@H](C(=O)OC)c1ccc(Br)cc1)c1ccc(C(C)(C)C)cc1)c1ccc(Br)cc1. The van der Waals surface area contributed by atoms with E-state index in [1.165, 1.54) is 19.8 Å². The zero-order valence-electron chi connectivity index (χ0n) is 21.8. The first kappa shape index (κ1) is 28.9. The highest BCUT2D eigenvalue weighted by atomic mass is 79.9. The molecular weight excluding hydrogens is 598 g/mol. The van der Waals surface area contributed by atoms with Crippen molar-refractivity contribution in [1.82, 2.24) is 0 Å². The van der Waals surface area contributed by atoms with E-state index in [1.54, 1.807) is 0 Å². The Hall–Kier alpha value is -2.64. The molecule has 3 aromatic carbocycles. The van der Waals surface area contributed by atoms with Crippen LogP contribution in [0, 0.1) is 0 Å². The molecule has 0 heterocycles. The van der Waals surface area contributed by atoms with Crippen LogP contribution in [0.2, 0.25) is 0 Å². The van der Waals surface area contributed by atoms with E-state index in [1.807, 2.05) is 60.7 Å². The maximum Gasteiger partial charge on any atom is 0.314 e. The molecule has 2 atom stereocenters. The predicted octanol–water partition coefficient (Wildman–Crippen LogP) is 7.23. The molecule has 3 aromatic rings. The van der Waals surface area contributed by atoms with E-state index in [0.29, 0.717) is 13.1 Å². The molecule has 0 aliphatic heterocycles. The fraction of sp³-hybridized carbons (Fsp3) is 0.333. The predicted molar refractivity (Wildman–Crippen MR) is 155 cm³/mol. The minimum Gasteiger partial charge on any atom is -0.468 e. The molecule has 0 spiro atoms. The highest BCUT2D eigenvalue weighted by molar-refractivity contribution is 9.10. The molecule has 0 unspecified atom stereocenters. The summed E-state index contributed by atoms with van der Waals surface area (Å²) in [5.41, 5.74) is 3.78. The Morgan fingerprint density at radius 2 is 1.08 bits per heavy atom. The fourth-order valence-electron chi connectivity index (χ4n) is 4.21. The second-order valence-corrected chi connectivity index (χ2v) is 11.8. The summed E-state index contributed by atoms with van der Waals surface area (Å²) in [5.74, 6) is -1.78. The first-order valence-corrected chi connectivity index (χ1v) is 13.6. The van der Waals surface area contributed by atoms with Crippen LogP contribution >= 0.6 is 31.9 Å². The lowest BCUT2D eigenvalue weighted by molar-refractivity contribution is -0.142. The molecule has 5 nitrogen and oxygen atoms in total. The maximum absolute atomic E-state index is 13.0. The topological polar surface area (TPSA) is 55.8 Å². The number of anilines is 1. The van der Waals surface area contributed by atoms with Gasteiger partial charge in [-0.05, 0) is 58.5 Å². The summed E-state index contributed by atoms with van der Waals surface area (Å²) in [6, 6.07) is 23.6. The Bertz CT molecular complexity index is 1120. The third-order valence-electron chi connectivity index (χ3n) is 6.42. The summed E-state index contributed by atoms with van der Waals surface area (Å²) >= 11 is 6.93. The molecule has 37 heavy (non-hydrogen) atoms. The average molecular weight is 631 g/mol. The lowest BCUT2D eigenvalue weighted by atomic mass is 9.87. The van der Waals surface area contributed by atoms with E-state index in [9.17, 15) is 9.59 Å². The first-order valence-electron chi connectivity index (χ1n) is 12.1. The molecule has 0 N–H and O–H groups in total. The Balaban J connectivity index is 2.05. The molecule has 0 radical (unpaired) electrons. The van der Waals surface area contributed by atoms with Crippen molar-refractivity contribution in [3.8, 4) is 0 Å². The van der Waals surface area contributed by atoms with Gasteiger partial charge in [0, 0.05) is 27.7 Å². The van der Waals surface area contributed by atoms with Gasteiger partial charge in [-0.3, -0.25) is 9.59 Å². The maximum atomic E-state index is 13.0. The number of carbonyl (C=O) groups is 2. The number of benzene rings is 3. The Morgan fingerprint density at radius 1 is 0.703 bits per heavy atom. The highest BCUT2D eigenvalue weighted by Crippen LogP contribution is 2.30. The van der Waals surface area contributed by atoms with Crippen molar-refractivity contribution in [2.45, 2.75) is 38.0 Å². The van der Waals surface area contributed by atoms with Crippen LogP contribution in [0.3, 0.4) is 0 Å². The second-order valence-electron chi connectivity index (χ2n) is 9.96. The van der Waals surface area contributed by atoms with Crippen molar-refractivity contribution in [3.05, 3.63) is 98.4 Å². The van der Waals surface area contributed by atoms with Crippen molar-refractivity contribution in [1.29, 1.82) is 0 Å². The number of ether oxygens (including phenoxy) is 2. The van der Waals surface area contributed by atoms with Crippen LogP contribution in [0.5, 0.6) is 0 Å². The number of hydrogen-bond acceptors (Lipinski definition) is 5. The van der Waals surface area contributed by atoms with E-state index in [0.717, 1.165) is 25.8 Å². The van der Waals surface area contributed by atoms with Crippen molar-refractivity contribution in [2.75, 3.05) is 32.2 Å². The summed E-state index contributed by atoms with van der Waals surface area (Å²) in [4.78, 5) is 28.0. The van der Waals surface area contributed by atoms with Gasteiger partial charge in [0.25, 0.3) is 0 Å². The van der Waals surface area contributed by atoms with E-state index in [-0.39, 0.29) is 17.4 Å². The molecule has 7 heteroatoms. The van der Waals surface area contributed by atoms with Crippen LogP contribution in [0.25, 0.3) is 0 Å². The number of nitrogens with zero attached hydrogens (tertiary/aromatic N) is 1. The molecule has 3 rings (SSSR count). The zero-order valence-corrected chi connectivity index (χ0v) is 25.0. The smallest absolute Gasteiger partial charge is 0.314 e. The third-order valence-corrected chi connectivity index (χ3v) is 7.48. The number of methoxy groups -OCH3 is 2. The van der Waals surface area contributed by atoms with Gasteiger partial charge in [-0.25, -0.2) is 0 Å². The lowest BCUT2D eigenvalue weighted by Crippen LogP contribution is -2.37. The molecule has 0 amide bonds. The van der Waals surface area contributed by atoms with E-state index in [2.05, 4.69) is 69.7 Å². The molecule has 0 saturated carbocycles. The standard InChI is InChI=1S/C30H33Br2NO4/c1-30(2,3)22-10-16-25(17-11-22)33(18-26(28(34)36-4)20-6-12-23(31)13-7-20)19-27(29(35)37-5)21-8-14-24(32)15-9-21/h6-17,26-27H,18-19H2,1-5H3/t26-,27-/m1/s1. The monoisotopic (exact) mass is 629 g/mol. The van der Waals surface area contributed by atoms with Crippen LogP contribution in [-0.2, 0) is 24.5 Å². The van der Waals surface area contributed by atoms with Gasteiger partial charge in [-0.1, -0.05) is 89.0 Å². The number of halogens is 2. The summed E-state index contributed by atoms with van der Waals surface area (Å²) in [7, 11) is 2.80. The average Bonchev–Trinajstić information content (AvgIpc) is 2.89. The van der Waals surface area contributed by atoms with Crippen molar-refractivity contribution in [3.63, 3.8) is 0 Å². The quantitative estimate of drug-likeness (QED) is 0.234. The number of rotatable bonds is 9. The number of carbonyl (C=O) groups excluding carboxylic acids is 2. The van der Waals surface area contributed by atoms with Crippen molar-refractivity contribution >= 4 is 49.5 Å². The van der Waals surface area contributed by atoms with Crippen LogP contribution in [-0.4, -0.2) is 39.2 Å². The van der Waals surface area contributed by atoms with E-state index in [4.69, 9.17) is 9.47 Å². The molecule has 0 aromatic heterocycles. The normalized spacial score (nSPS) is 12.9. The van der Waals surface area contributed by atoms with Gasteiger partial charge >= 0.3 is 11.9 Å². The Morgan fingerprint density at radius 3 is 1.41 bits per heavy atom. The van der Waals surface area contributed by atoms with Crippen LogP contribution in [0.4, 0.5) is 5.69 Å². The summed E-state index contributed by atoms with van der Waals surface area (Å²) < 4.78 is 12.2. The summed E-state index contributed by atoms with van der Waals surface area (Å²) in [6.45, 7) is 7.16. The molecule has 196 valence electrons. The van der Waals surface area contributed by atoms with Gasteiger partial charge in [0.1, 0.15) is 0 Å². The van der Waals surface area contributed by atoms with Crippen LogP contribution in [0.15, 0.2) is 81.7 Å². The minimum absolute atomic E-state index is 0.00130. The second kappa shape index (κ2) is 12.7. The largest absolute Gasteiger partial charge is 0.468 e. The summed E-state index contributed by atoms with van der Waals surface area (Å²) in [5, 5.41) is 0. The van der Waals surface area contributed by atoms with Gasteiger partial charge < -0.3 is 14.4 Å². The van der Waals surface area contributed by atoms with Gasteiger partial charge in [-0.15, -0.1) is 0 Å². The van der Waals surface area contributed by atoms with Crippen molar-refractivity contribution in [2.24, 2.45) is 0 Å². The molecule has 0 saturated heterocycles. The Kier molecular flexibility index (Phi) is 9.96. The molecular formula is C30H33Br2NO4. The lowest BCUT2D eigenvalue weighted by Gasteiger charge is -2.32. The van der Waals surface area contributed by atoms with Gasteiger partial charge in [-0.2, -0.15) is 0 Å². The summed E-state index contributed by atoms with van der Waals surface area (Å²) in [6.07, 6.45) is 0. The number of hydrogen-bond donors (Lipinski definition) is 0. The number of esters is 2. The third kappa shape index (κ3) is 7.68. The Labute approximate surface area is 236 Å². The highest BCUT2D eigenvalue weighted by Gasteiger charge is 2.30. The first-order chi connectivity index (χ1) is 17.5. The minimum atomic E-state index is -0.552. The zero-order chi connectivity index (χ0) is 27.2. The van der Waals surface area contributed by atoms with Crippen LogP contribution in [0.1, 0.15) is 49.3 Å². The van der Waals surface area contributed by atoms with Crippen molar-refractivity contribution < 1.29 is 19.1 Å². The fourth-order valence-corrected chi connectivity index (χ4v) is 4.73. The molecule has 0 aliphatic rings. The van der Waals surface area contributed by atoms with E-state index < -0.39 is 11.8 Å². The van der Waals surface area contributed by atoms with E-state index >= 15 is 0 Å². The van der Waals surface area contributed by atoms with Gasteiger partial charge in [0.05, 0.1) is 26.1 Å². The molecule has 0 bridgehead atoms. The van der Waals surface area contributed by atoms with Gasteiger partial charge in [0.15, 0.2) is 0 Å². The molecule has 0 aliphatic carbocycles. The van der Waals surface area contributed by atoms with Crippen LogP contribution < -0.4 is 4.90 Å². The van der Waals surface area contributed by atoms with Gasteiger partial charge in [0.2, 0.25) is 0 Å².